The molecule has 0 aromatic carbocycles. The van der Waals surface area contributed by atoms with E-state index in [9.17, 15) is 4.79 Å². The third-order valence-corrected chi connectivity index (χ3v) is 8.69. The van der Waals surface area contributed by atoms with Gasteiger partial charge in [-0.2, -0.15) is 0 Å². The minimum atomic E-state index is -1.59. The summed E-state index contributed by atoms with van der Waals surface area (Å²) in [6.07, 6.45) is 5.35. The minimum Gasteiger partial charge on any atom is -0.417 e. The summed E-state index contributed by atoms with van der Waals surface area (Å²) in [5.74, 6) is 6.83. The number of carbonyl (C=O) groups excluding carboxylic acids is 1. The topological polar surface area (TPSA) is 26.3 Å². The molecule has 0 fully saturated rings. The van der Waals surface area contributed by atoms with Gasteiger partial charge < -0.3 is 9.22 Å². The van der Waals surface area contributed by atoms with Crippen molar-refractivity contribution in [3.8, 4) is 11.8 Å². The van der Waals surface area contributed by atoms with Crippen LogP contribution in [0.25, 0.3) is 0 Å². The molecule has 0 saturated heterocycles. The standard InChI is InChI=1S/C17H32O2Si/c1-16(12-10-8-7-9-11-14-18)13-15-19-20(5,6)17(2,3)4/h14,16H,9-13,15H2,1-6H3/t16-/m0/s1. The van der Waals surface area contributed by atoms with Gasteiger partial charge in [0.2, 0.25) is 0 Å². The molecule has 0 aliphatic rings. The van der Waals surface area contributed by atoms with E-state index in [0.717, 1.165) is 32.2 Å². The highest BCUT2D eigenvalue weighted by Gasteiger charge is 2.36. The maximum Gasteiger partial charge on any atom is 0.191 e. The monoisotopic (exact) mass is 296 g/mol. The summed E-state index contributed by atoms with van der Waals surface area (Å²) in [7, 11) is -1.59. The maximum atomic E-state index is 10.1. The molecule has 116 valence electrons. The Morgan fingerprint density at radius 2 is 1.75 bits per heavy atom. The molecule has 3 heteroatoms. The highest BCUT2D eigenvalue weighted by atomic mass is 28.4. The largest absolute Gasteiger partial charge is 0.417 e. The molecule has 0 radical (unpaired) electrons. The Kier molecular flexibility index (Phi) is 9.08. The zero-order valence-corrected chi connectivity index (χ0v) is 15.2. The lowest BCUT2D eigenvalue weighted by molar-refractivity contribution is -0.107. The van der Waals surface area contributed by atoms with Gasteiger partial charge in [-0.05, 0) is 36.9 Å². The summed E-state index contributed by atoms with van der Waals surface area (Å²) >= 11 is 0. The number of rotatable bonds is 8. The predicted octanol–water partition coefficient (Wildman–Crippen LogP) is 4.80. The summed E-state index contributed by atoms with van der Waals surface area (Å²) in [6, 6.07) is 0. The predicted molar refractivity (Wildman–Crippen MR) is 89.2 cm³/mol. The van der Waals surface area contributed by atoms with Gasteiger partial charge in [-0.3, -0.25) is 0 Å². The third-order valence-electron chi connectivity index (χ3n) is 4.15. The zero-order valence-electron chi connectivity index (χ0n) is 14.2. The Labute approximate surface area is 126 Å². The summed E-state index contributed by atoms with van der Waals surface area (Å²) in [4.78, 5) is 10.1. The molecule has 0 heterocycles. The number of aldehydes is 1. The van der Waals surface area contributed by atoms with Gasteiger partial charge >= 0.3 is 0 Å². The second-order valence-electron chi connectivity index (χ2n) is 7.10. The third kappa shape index (κ3) is 8.55. The first kappa shape index (κ1) is 19.4. The van der Waals surface area contributed by atoms with Crippen LogP contribution in [0, 0.1) is 17.8 Å². The normalized spacial score (nSPS) is 13.5. The van der Waals surface area contributed by atoms with E-state index in [1.165, 1.54) is 0 Å². The fraction of sp³-hybridized carbons (Fsp3) is 0.824. The molecular formula is C17H32O2Si. The summed E-state index contributed by atoms with van der Waals surface area (Å²) < 4.78 is 6.19. The Balaban J connectivity index is 3.80. The van der Waals surface area contributed by atoms with E-state index >= 15 is 0 Å². The van der Waals surface area contributed by atoms with Gasteiger partial charge in [-0.25, -0.2) is 0 Å². The van der Waals surface area contributed by atoms with Crippen molar-refractivity contribution in [2.24, 2.45) is 5.92 Å². The minimum absolute atomic E-state index is 0.292. The number of unbranched alkanes of at least 4 members (excludes halogenated alkanes) is 1. The van der Waals surface area contributed by atoms with Crippen LogP contribution in [0.4, 0.5) is 0 Å². The van der Waals surface area contributed by atoms with Crippen LogP contribution < -0.4 is 0 Å². The molecule has 0 N–H and O–H groups in total. The molecule has 20 heavy (non-hydrogen) atoms. The van der Waals surface area contributed by atoms with E-state index in [1.54, 1.807) is 0 Å². The average molecular weight is 297 g/mol. The first-order chi connectivity index (χ1) is 9.20. The van der Waals surface area contributed by atoms with Gasteiger partial charge in [0.05, 0.1) is 0 Å². The quantitative estimate of drug-likeness (QED) is 0.278. The fourth-order valence-electron chi connectivity index (χ4n) is 1.50. The Bertz CT molecular complexity index is 331. The lowest BCUT2D eigenvalue weighted by Gasteiger charge is -2.36. The molecule has 0 saturated carbocycles. The van der Waals surface area contributed by atoms with Gasteiger partial charge in [0.15, 0.2) is 8.32 Å². The lowest BCUT2D eigenvalue weighted by atomic mass is 10.0. The zero-order chi connectivity index (χ0) is 15.6. The molecular weight excluding hydrogens is 264 g/mol. The summed E-state index contributed by atoms with van der Waals surface area (Å²) in [6.45, 7) is 14.6. The second-order valence-corrected chi connectivity index (χ2v) is 11.9. The molecule has 2 nitrogen and oxygen atoms in total. The number of carbonyl (C=O) groups is 1. The van der Waals surface area contributed by atoms with E-state index in [-0.39, 0.29) is 0 Å². The van der Waals surface area contributed by atoms with Gasteiger partial charge in [0.25, 0.3) is 0 Å². The van der Waals surface area contributed by atoms with Gasteiger partial charge in [-0.1, -0.05) is 27.7 Å². The van der Waals surface area contributed by atoms with Crippen molar-refractivity contribution in [1.82, 2.24) is 0 Å². The number of hydrogen-bond acceptors (Lipinski definition) is 2. The van der Waals surface area contributed by atoms with Crippen molar-refractivity contribution < 1.29 is 9.22 Å². The molecule has 0 aromatic heterocycles. The Morgan fingerprint density at radius 3 is 2.30 bits per heavy atom. The highest BCUT2D eigenvalue weighted by Crippen LogP contribution is 2.36. The van der Waals surface area contributed by atoms with Crippen molar-refractivity contribution in [2.45, 2.75) is 77.9 Å². The van der Waals surface area contributed by atoms with Crippen LogP contribution in [0.1, 0.15) is 59.8 Å². The van der Waals surface area contributed by atoms with Crippen molar-refractivity contribution in [3.05, 3.63) is 0 Å². The fourth-order valence-corrected chi connectivity index (χ4v) is 2.56. The van der Waals surface area contributed by atoms with E-state index < -0.39 is 8.32 Å². The molecule has 0 bridgehead atoms. The van der Waals surface area contributed by atoms with E-state index in [4.69, 9.17) is 4.43 Å². The lowest BCUT2D eigenvalue weighted by Crippen LogP contribution is -2.41. The Morgan fingerprint density at radius 1 is 1.15 bits per heavy atom. The number of hydrogen-bond donors (Lipinski definition) is 0. The summed E-state index contributed by atoms with van der Waals surface area (Å²) in [5.41, 5.74) is 0. The van der Waals surface area contributed by atoms with Crippen molar-refractivity contribution in [2.75, 3.05) is 6.61 Å². The van der Waals surface area contributed by atoms with Crippen molar-refractivity contribution in [1.29, 1.82) is 0 Å². The average Bonchev–Trinajstić information content (AvgIpc) is 2.32. The molecule has 0 spiro atoms. The van der Waals surface area contributed by atoms with Crippen LogP contribution in [-0.4, -0.2) is 21.2 Å². The van der Waals surface area contributed by atoms with Gasteiger partial charge in [0, 0.05) is 25.9 Å². The molecule has 0 aliphatic carbocycles. The maximum absolute atomic E-state index is 10.1. The van der Waals surface area contributed by atoms with E-state index in [2.05, 4.69) is 52.6 Å². The SMILES string of the molecule is C[C@@H](CCC#CCCC=O)CCO[Si](C)(C)C(C)(C)C. The van der Waals surface area contributed by atoms with Crippen LogP contribution in [-0.2, 0) is 9.22 Å². The Hall–Kier alpha value is -0.593. The molecule has 0 aromatic rings. The molecule has 0 unspecified atom stereocenters. The molecule has 1 atom stereocenters. The second kappa shape index (κ2) is 9.36. The van der Waals surface area contributed by atoms with Gasteiger partial charge in [-0.15, -0.1) is 11.8 Å². The van der Waals surface area contributed by atoms with E-state index in [1.807, 2.05) is 0 Å². The van der Waals surface area contributed by atoms with Crippen molar-refractivity contribution >= 4 is 14.6 Å². The van der Waals surface area contributed by atoms with Crippen LogP contribution in [0.5, 0.6) is 0 Å². The first-order valence-corrected chi connectivity index (χ1v) is 10.6. The molecule has 0 amide bonds. The van der Waals surface area contributed by atoms with Crippen LogP contribution in [0.2, 0.25) is 18.1 Å². The van der Waals surface area contributed by atoms with Crippen LogP contribution in [0.3, 0.4) is 0 Å². The molecule has 0 aliphatic heterocycles. The van der Waals surface area contributed by atoms with Crippen LogP contribution >= 0.6 is 0 Å². The van der Waals surface area contributed by atoms with Crippen molar-refractivity contribution in [3.63, 3.8) is 0 Å². The van der Waals surface area contributed by atoms with E-state index in [0.29, 0.717) is 23.8 Å². The molecule has 0 rings (SSSR count). The smallest absolute Gasteiger partial charge is 0.191 e. The highest BCUT2D eigenvalue weighted by molar-refractivity contribution is 6.74. The first-order valence-electron chi connectivity index (χ1n) is 7.74. The van der Waals surface area contributed by atoms with Gasteiger partial charge in [0.1, 0.15) is 6.29 Å². The van der Waals surface area contributed by atoms with Crippen LogP contribution in [0.15, 0.2) is 0 Å². The summed E-state index contributed by atoms with van der Waals surface area (Å²) in [5, 5.41) is 0.292.